The molecule has 0 atom stereocenters. The van der Waals surface area contributed by atoms with Crippen molar-refractivity contribution in [3.63, 3.8) is 0 Å². The average Bonchev–Trinajstić information content (AvgIpc) is 2.52. The van der Waals surface area contributed by atoms with Gasteiger partial charge in [-0.05, 0) is 30.3 Å². The average molecular weight is 350 g/mol. The van der Waals surface area contributed by atoms with Crippen molar-refractivity contribution in [3.8, 4) is 11.5 Å². The summed E-state index contributed by atoms with van der Waals surface area (Å²) in [6.45, 7) is 4.48. The first kappa shape index (κ1) is 15.9. The van der Waals surface area contributed by atoms with Crippen LogP contribution in [-0.2, 0) is 13.2 Å². The smallest absolute Gasteiger partial charge is 0.123 e. The standard InChI is InChI=1S/C17H20BrNO2/c1-3-19-11-13-7-8-14(17(18)9-13)12-21-16-6-4-5-15(10-16)20-2/h4-10,19H,3,11-12H2,1-2H3. The molecule has 0 aliphatic rings. The first-order chi connectivity index (χ1) is 10.2. The van der Waals surface area contributed by atoms with Crippen LogP contribution in [0.1, 0.15) is 18.1 Å². The van der Waals surface area contributed by atoms with E-state index in [0.29, 0.717) is 6.61 Å². The van der Waals surface area contributed by atoms with E-state index in [1.165, 1.54) is 5.56 Å². The van der Waals surface area contributed by atoms with E-state index in [9.17, 15) is 0 Å². The lowest BCUT2D eigenvalue weighted by atomic mass is 10.1. The Hall–Kier alpha value is -1.52. The summed E-state index contributed by atoms with van der Waals surface area (Å²) in [7, 11) is 1.65. The van der Waals surface area contributed by atoms with Crippen LogP contribution in [0, 0.1) is 0 Å². The molecule has 0 aliphatic carbocycles. The van der Waals surface area contributed by atoms with Gasteiger partial charge >= 0.3 is 0 Å². The Balaban J connectivity index is 1.99. The zero-order valence-corrected chi connectivity index (χ0v) is 13.9. The summed E-state index contributed by atoms with van der Waals surface area (Å²) < 4.78 is 12.1. The third-order valence-electron chi connectivity index (χ3n) is 3.13. The minimum absolute atomic E-state index is 0.523. The normalized spacial score (nSPS) is 10.4. The summed E-state index contributed by atoms with van der Waals surface area (Å²) in [5, 5.41) is 3.32. The highest BCUT2D eigenvalue weighted by Crippen LogP contribution is 2.23. The van der Waals surface area contributed by atoms with E-state index < -0.39 is 0 Å². The highest BCUT2D eigenvalue weighted by molar-refractivity contribution is 9.10. The van der Waals surface area contributed by atoms with Gasteiger partial charge in [0.1, 0.15) is 18.1 Å². The quantitative estimate of drug-likeness (QED) is 0.814. The van der Waals surface area contributed by atoms with E-state index in [1.807, 2.05) is 24.3 Å². The molecular formula is C17H20BrNO2. The molecule has 4 heteroatoms. The molecule has 2 aromatic carbocycles. The summed E-state index contributed by atoms with van der Waals surface area (Å²) in [5.41, 5.74) is 2.38. The van der Waals surface area contributed by atoms with Crippen LogP contribution in [0.25, 0.3) is 0 Å². The molecule has 2 aromatic rings. The monoisotopic (exact) mass is 349 g/mol. The van der Waals surface area contributed by atoms with Crippen LogP contribution in [0.15, 0.2) is 46.9 Å². The van der Waals surface area contributed by atoms with Crippen molar-refractivity contribution in [1.29, 1.82) is 0 Å². The number of rotatable bonds is 7. The van der Waals surface area contributed by atoms with E-state index >= 15 is 0 Å². The second kappa shape index (κ2) is 8.05. The van der Waals surface area contributed by atoms with Gasteiger partial charge < -0.3 is 14.8 Å². The van der Waals surface area contributed by atoms with Crippen LogP contribution < -0.4 is 14.8 Å². The second-order valence-electron chi connectivity index (χ2n) is 4.67. The van der Waals surface area contributed by atoms with Gasteiger partial charge in [0, 0.05) is 22.6 Å². The lowest BCUT2D eigenvalue weighted by molar-refractivity contribution is 0.303. The van der Waals surface area contributed by atoms with E-state index in [2.05, 4.69) is 46.4 Å². The van der Waals surface area contributed by atoms with Crippen molar-refractivity contribution < 1.29 is 9.47 Å². The maximum absolute atomic E-state index is 5.81. The summed E-state index contributed by atoms with van der Waals surface area (Å²) in [5.74, 6) is 1.60. The van der Waals surface area contributed by atoms with Crippen molar-refractivity contribution in [2.75, 3.05) is 13.7 Å². The van der Waals surface area contributed by atoms with Crippen LogP contribution in [0.4, 0.5) is 0 Å². The van der Waals surface area contributed by atoms with E-state index in [0.717, 1.165) is 34.6 Å². The molecule has 3 nitrogen and oxygen atoms in total. The predicted molar refractivity (Wildman–Crippen MR) is 88.8 cm³/mol. The van der Waals surface area contributed by atoms with Crippen molar-refractivity contribution in [2.45, 2.75) is 20.1 Å². The second-order valence-corrected chi connectivity index (χ2v) is 5.53. The highest BCUT2D eigenvalue weighted by atomic mass is 79.9. The Kier molecular flexibility index (Phi) is 6.08. The number of methoxy groups -OCH3 is 1. The van der Waals surface area contributed by atoms with Crippen LogP contribution >= 0.6 is 15.9 Å². The van der Waals surface area contributed by atoms with E-state index in [4.69, 9.17) is 9.47 Å². The van der Waals surface area contributed by atoms with Crippen LogP contribution in [0.2, 0.25) is 0 Å². The fourth-order valence-corrected chi connectivity index (χ4v) is 2.48. The molecule has 0 spiro atoms. The summed E-state index contributed by atoms with van der Waals surface area (Å²) in [4.78, 5) is 0. The first-order valence-electron chi connectivity index (χ1n) is 6.97. The largest absolute Gasteiger partial charge is 0.497 e. The van der Waals surface area contributed by atoms with Crippen molar-refractivity contribution in [2.24, 2.45) is 0 Å². The van der Waals surface area contributed by atoms with Gasteiger partial charge in [-0.2, -0.15) is 0 Å². The molecule has 0 radical (unpaired) electrons. The molecule has 0 aliphatic heterocycles. The molecule has 0 amide bonds. The topological polar surface area (TPSA) is 30.5 Å². The number of benzene rings is 2. The van der Waals surface area contributed by atoms with Gasteiger partial charge in [0.2, 0.25) is 0 Å². The SMILES string of the molecule is CCNCc1ccc(COc2cccc(OC)c2)c(Br)c1. The Labute approximate surface area is 134 Å². The van der Waals surface area contributed by atoms with Gasteiger partial charge in [-0.15, -0.1) is 0 Å². The Bertz CT molecular complexity index is 587. The lowest BCUT2D eigenvalue weighted by Gasteiger charge is -2.10. The van der Waals surface area contributed by atoms with Gasteiger partial charge in [-0.1, -0.05) is 41.1 Å². The Morgan fingerprint density at radius 2 is 1.90 bits per heavy atom. The van der Waals surface area contributed by atoms with E-state index in [-0.39, 0.29) is 0 Å². The molecule has 1 N–H and O–H groups in total. The minimum atomic E-state index is 0.523. The summed E-state index contributed by atoms with van der Waals surface area (Å²) in [6.07, 6.45) is 0. The zero-order chi connectivity index (χ0) is 15.1. The molecule has 0 bridgehead atoms. The number of halogens is 1. The number of ether oxygens (including phenoxy) is 2. The van der Waals surface area contributed by atoms with Crippen molar-refractivity contribution in [3.05, 3.63) is 58.1 Å². The van der Waals surface area contributed by atoms with Gasteiger partial charge in [-0.3, -0.25) is 0 Å². The maximum Gasteiger partial charge on any atom is 0.123 e. The Morgan fingerprint density at radius 3 is 2.62 bits per heavy atom. The fourth-order valence-electron chi connectivity index (χ4n) is 1.94. The number of hydrogen-bond acceptors (Lipinski definition) is 3. The summed E-state index contributed by atoms with van der Waals surface area (Å²) >= 11 is 3.61. The molecule has 112 valence electrons. The van der Waals surface area contributed by atoms with Gasteiger partial charge in [0.25, 0.3) is 0 Å². The summed E-state index contributed by atoms with van der Waals surface area (Å²) in [6, 6.07) is 14.0. The molecule has 0 fully saturated rings. The van der Waals surface area contributed by atoms with Crippen molar-refractivity contribution >= 4 is 15.9 Å². The third-order valence-corrected chi connectivity index (χ3v) is 3.87. The maximum atomic E-state index is 5.81. The van der Waals surface area contributed by atoms with Gasteiger partial charge in [0.05, 0.1) is 7.11 Å². The zero-order valence-electron chi connectivity index (χ0n) is 12.4. The predicted octanol–water partition coefficient (Wildman–Crippen LogP) is 4.15. The molecule has 0 saturated heterocycles. The molecule has 0 unspecified atom stereocenters. The number of hydrogen-bond donors (Lipinski definition) is 1. The fraction of sp³-hybridized carbons (Fsp3) is 0.294. The van der Waals surface area contributed by atoms with Gasteiger partial charge in [-0.25, -0.2) is 0 Å². The third kappa shape index (κ3) is 4.76. The molecule has 21 heavy (non-hydrogen) atoms. The molecule has 0 aromatic heterocycles. The molecular weight excluding hydrogens is 330 g/mol. The lowest BCUT2D eigenvalue weighted by Crippen LogP contribution is -2.11. The van der Waals surface area contributed by atoms with Crippen molar-refractivity contribution in [1.82, 2.24) is 5.32 Å². The minimum Gasteiger partial charge on any atom is -0.497 e. The number of nitrogens with one attached hydrogen (secondary N) is 1. The van der Waals surface area contributed by atoms with Crippen LogP contribution in [0.5, 0.6) is 11.5 Å². The molecule has 0 saturated carbocycles. The Morgan fingerprint density at radius 1 is 1.10 bits per heavy atom. The van der Waals surface area contributed by atoms with Gasteiger partial charge in [0.15, 0.2) is 0 Å². The first-order valence-corrected chi connectivity index (χ1v) is 7.77. The van der Waals surface area contributed by atoms with Crippen LogP contribution in [-0.4, -0.2) is 13.7 Å². The van der Waals surface area contributed by atoms with Crippen LogP contribution in [0.3, 0.4) is 0 Å². The molecule has 2 rings (SSSR count). The molecule has 0 heterocycles. The highest BCUT2D eigenvalue weighted by Gasteiger charge is 2.04. The van der Waals surface area contributed by atoms with E-state index in [1.54, 1.807) is 7.11 Å².